The summed E-state index contributed by atoms with van der Waals surface area (Å²) in [5, 5.41) is 0. The maximum absolute atomic E-state index is 13.1. The number of hydrogen-bond donors (Lipinski definition) is 0. The second-order valence-electron chi connectivity index (χ2n) is 5.86. The topological polar surface area (TPSA) is 26.3 Å². The number of hydrogen-bond acceptors (Lipinski definition) is 2. The van der Waals surface area contributed by atoms with Gasteiger partial charge in [-0.2, -0.15) is 0 Å². The Balaban J connectivity index is 1.83. The van der Waals surface area contributed by atoms with Crippen molar-refractivity contribution in [2.45, 2.75) is 51.9 Å². The van der Waals surface area contributed by atoms with E-state index in [0.717, 1.165) is 43.7 Å². The monoisotopic (exact) mass is 296 g/mol. The molecule has 2 nitrogen and oxygen atoms in total. The Labute approximate surface area is 124 Å². The molecule has 1 aromatic rings. The minimum Gasteiger partial charge on any atom is -0.426 e. The predicted octanol–water partition coefficient (Wildman–Crippen LogP) is 4.87. The molecule has 4 heteroatoms. The standard InChI is InChI=1S/C17H22F2O2/c1-2-3-4-12-5-7-13(8-6-12)17(20)21-14-9-10-15(18)16(19)11-14/h9-13H,2-8H2,1H3/t12-,13-. The molecular weight excluding hydrogens is 274 g/mol. The van der Waals surface area contributed by atoms with Crippen LogP contribution >= 0.6 is 0 Å². The Bertz CT molecular complexity index is 480. The number of ether oxygens (including phenoxy) is 1. The lowest BCUT2D eigenvalue weighted by Gasteiger charge is -2.27. The van der Waals surface area contributed by atoms with E-state index in [2.05, 4.69) is 6.92 Å². The highest BCUT2D eigenvalue weighted by Gasteiger charge is 2.27. The van der Waals surface area contributed by atoms with Crippen LogP contribution in [0, 0.1) is 23.5 Å². The number of unbranched alkanes of at least 4 members (excludes halogenated alkanes) is 1. The molecule has 0 saturated heterocycles. The average molecular weight is 296 g/mol. The van der Waals surface area contributed by atoms with Crippen LogP contribution in [0.4, 0.5) is 8.78 Å². The lowest BCUT2D eigenvalue weighted by Crippen LogP contribution is -2.25. The van der Waals surface area contributed by atoms with Gasteiger partial charge in [0.1, 0.15) is 5.75 Å². The zero-order chi connectivity index (χ0) is 15.2. The summed E-state index contributed by atoms with van der Waals surface area (Å²) in [6.45, 7) is 2.19. The highest BCUT2D eigenvalue weighted by atomic mass is 19.2. The number of carbonyl (C=O) groups is 1. The van der Waals surface area contributed by atoms with Crippen molar-refractivity contribution in [3.63, 3.8) is 0 Å². The summed E-state index contributed by atoms with van der Waals surface area (Å²) in [6, 6.07) is 3.17. The van der Waals surface area contributed by atoms with Crippen LogP contribution in [0.3, 0.4) is 0 Å². The summed E-state index contributed by atoms with van der Waals surface area (Å²) in [4.78, 5) is 12.0. The van der Waals surface area contributed by atoms with Gasteiger partial charge in [0.15, 0.2) is 11.6 Å². The second-order valence-corrected chi connectivity index (χ2v) is 5.86. The smallest absolute Gasteiger partial charge is 0.314 e. The normalized spacial score (nSPS) is 22.0. The number of benzene rings is 1. The molecule has 1 aromatic carbocycles. The fourth-order valence-corrected chi connectivity index (χ4v) is 2.92. The number of esters is 1. The van der Waals surface area contributed by atoms with E-state index in [1.807, 2.05) is 0 Å². The summed E-state index contributed by atoms with van der Waals surface area (Å²) < 4.78 is 31.1. The van der Waals surface area contributed by atoms with Crippen molar-refractivity contribution in [1.29, 1.82) is 0 Å². The van der Waals surface area contributed by atoms with Gasteiger partial charge in [-0.3, -0.25) is 4.79 Å². The average Bonchev–Trinajstić information content (AvgIpc) is 2.49. The van der Waals surface area contributed by atoms with Gasteiger partial charge in [-0.25, -0.2) is 8.78 Å². The van der Waals surface area contributed by atoms with Crippen molar-refractivity contribution in [2.24, 2.45) is 11.8 Å². The molecule has 1 fully saturated rings. The molecule has 0 bridgehead atoms. The van der Waals surface area contributed by atoms with Crippen LogP contribution < -0.4 is 4.74 Å². The largest absolute Gasteiger partial charge is 0.426 e. The van der Waals surface area contributed by atoms with E-state index < -0.39 is 11.6 Å². The quantitative estimate of drug-likeness (QED) is 0.572. The Morgan fingerprint density at radius 2 is 1.90 bits per heavy atom. The third-order valence-corrected chi connectivity index (χ3v) is 4.26. The first-order valence-corrected chi connectivity index (χ1v) is 7.77. The van der Waals surface area contributed by atoms with Crippen molar-refractivity contribution in [2.75, 3.05) is 0 Å². The Morgan fingerprint density at radius 3 is 2.52 bits per heavy atom. The molecule has 0 aromatic heterocycles. The van der Waals surface area contributed by atoms with Gasteiger partial charge in [-0.05, 0) is 43.7 Å². The molecular formula is C17H22F2O2. The first-order chi connectivity index (χ1) is 10.1. The molecule has 0 radical (unpaired) electrons. The highest BCUT2D eigenvalue weighted by molar-refractivity contribution is 5.75. The molecule has 0 heterocycles. The van der Waals surface area contributed by atoms with Crippen LogP contribution in [0.15, 0.2) is 18.2 Å². The van der Waals surface area contributed by atoms with Gasteiger partial charge in [0, 0.05) is 6.07 Å². The molecule has 0 N–H and O–H groups in total. The summed E-state index contributed by atoms with van der Waals surface area (Å²) in [7, 11) is 0. The van der Waals surface area contributed by atoms with Crippen molar-refractivity contribution >= 4 is 5.97 Å². The Hall–Kier alpha value is -1.45. The number of carbonyl (C=O) groups excluding carboxylic acids is 1. The molecule has 0 amide bonds. The SMILES string of the molecule is CCCC[C@H]1CC[C@H](C(=O)Oc2ccc(F)c(F)c2)CC1. The molecule has 1 aliphatic rings. The summed E-state index contributed by atoms with van der Waals surface area (Å²) in [6.07, 6.45) is 7.46. The van der Waals surface area contributed by atoms with Gasteiger partial charge < -0.3 is 4.74 Å². The molecule has 0 atom stereocenters. The third-order valence-electron chi connectivity index (χ3n) is 4.26. The first kappa shape index (κ1) is 15.9. The van der Waals surface area contributed by atoms with E-state index in [1.165, 1.54) is 25.3 Å². The van der Waals surface area contributed by atoms with E-state index in [9.17, 15) is 13.6 Å². The molecule has 1 saturated carbocycles. The van der Waals surface area contributed by atoms with E-state index in [0.29, 0.717) is 0 Å². The minimum atomic E-state index is -0.997. The number of rotatable bonds is 5. The van der Waals surface area contributed by atoms with E-state index in [1.54, 1.807) is 0 Å². The minimum absolute atomic E-state index is 0.0759. The summed E-state index contributed by atoms with van der Waals surface area (Å²) in [5.41, 5.74) is 0. The van der Waals surface area contributed by atoms with Crippen LogP contribution in [0.5, 0.6) is 5.75 Å². The maximum atomic E-state index is 13.1. The third kappa shape index (κ3) is 4.51. The fourth-order valence-electron chi connectivity index (χ4n) is 2.92. The van der Waals surface area contributed by atoms with Gasteiger partial charge in [0.2, 0.25) is 0 Å². The van der Waals surface area contributed by atoms with Crippen LogP contribution in [-0.2, 0) is 4.79 Å². The van der Waals surface area contributed by atoms with Crippen molar-refractivity contribution < 1.29 is 18.3 Å². The van der Waals surface area contributed by atoms with Gasteiger partial charge in [0.25, 0.3) is 0 Å². The molecule has 0 spiro atoms. The summed E-state index contributed by atoms with van der Waals surface area (Å²) >= 11 is 0. The Morgan fingerprint density at radius 1 is 1.19 bits per heavy atom. The lowest BCUT2D eigenvalue weighted by atomic mass is 9.80. The summed E-state index contributed by atoms with van der Waals surface area (Å²) in [5.74, 6) is -1.58. The van der Waals surface area contributed by atoms with Gasteiger partial charge in [0.05, 0.1) is 5.92 Å². The van der Waals surface area contributed by atoms with Crippen LogP contribution in [0.25, 0.3) is 0 Å². The lowest BCUT2D eigenvalue weighted by molar-refractivity contribution is -0.140. The van der Waals surface area contributed by atoms with Crippen molar-refractivity contribution in [3.8, 4) is 5.75 Å². The fraction of sp³-hybridized carbons (Fsp3) is 0.588. The maximum Gasteiger partial charge on any atom is 0.314 e. The van der Waals surface area contributed by atoms with E-state index in [4.69, 9.17) is 4.74 Å². The van der Waals surface area contributed by atoms with E-state index in [-0.39, 0.29) is 17.6 Å². The van der Waals surface area contributed by atoms with Crippen molar-refractivity contribution in [1.82, 2.24) is 0 Å². The first-order valence-electron chi connectivity index (χ1n) is 7.77. The molecule has 116 valence electrons. The number of halogens is 2. The Kier molecular flexibility index (Phi) is 5.71. The molecule has 0 unspecified atom stereocenters. The van der Waals surface area contributed by atoms with Gasteiger partial charge in [-0.1, -0.05) is 26.2 Å². The van der Waals surface area contributed by atoms with Crippen LogP contribution in [0.1, 0.15) is 51.9 Å². The zero-order valence-electron chi connectivity index (χ0n) is 12.4. The molecule has 2 rings (SSSR count). The van der Waals surface area contributed by atoms with Gasteiger partial charge in [-0.15, -0.1) is 0 Å². The second kappa shape index (κ2) is 7.53. The predicted molar refractivity (Wildman–Crippen MR) is 77.0 cm³/mol. The highest BCUT2D eigenvalue weighted by Crippen LogP contribution is 2.32. The van der Waals surface area contributed by atoms with E-state index >= 15 is 0 Å². The van der Waals surface area contributed by atoms with Gasteiger partial charge >= 0.3 is 5.97 Å². The van der Waals surface area contributed by atoms with Crippen LogP contribution in [-0.4, -0.2) is 5.97 Å². The van der Waals surface area contributed by atoms with Crippen molar-refractivity contribution in [3.05, 3.63) is 29.8 Å². The molecule has 0 aliphatic heterocycles. The molecule has 1 aliphatic carbocycles. The molecule has 21 heavy (non-hydrogen) atoms. The zero-order valence-corrected chi connectivity index (χ0v) is 12.4. The van der Waals surface area contributed by atoms with Crippen LogP contribution in [0.2, 0.25) is 0 Å².